The number of hydrogen-bond acceptors (Lipinski definition) is 1. The fourth-order valence-electron chi connectivity index (χ4n) is 0.774. The number of aromatic amines is 1. The van der Waals surface area contributed by atoms with Crippen LogP contribution in [0.2, 0.25) is 0 Å². The van der Waals surface area contributed by atoms with Crippen LogP contribution in [0.5, 0.6) is 0 Å². The first-order valence-corrected chi connectivity index (χ1v) is 4.35. The molecular formula is C8H8BrNO. The number of carbonyl (C=O) groups excluding carboxylic acids is 1. The third-order valence-electron chi connectivity index (χ3n) is 1.25. The number of aromatic nitrogens is 1. The third kappa shape index (κ3) is 2.35. The molecule has 0 saturated carbocycles. The highest BCUT2D eigenvalue weighted by atomic mass is 79.9. The van der Waals surface area contributed by atoms with Crippen molar-refractivity contribution in [3.63, 3.8) is 0 Å². The number of carbonyl (C=O) groups is 1. The van der Waals surface area contributed by atoms with Crippen LogP contribution >= 0.6 is 15.9 Å². The van der Waals surface area contributed by atoms with Crippen LogP contribution in [0.3, 0.4) is 0 Å². The zero-order chi connectivity index (χ0) is 8.10. The summed E-state index contributed by atoms with van der Waals surface area (Å²) in [5, 5.41) is 0.828. The maximum Gasteiger partial charge on any atom is 0.166 e. The largest absolute Gasteiger partial charge is 0.358 e. The Morgan fingerprint density at radius 2 is 2.45 bits per heavy atom. The van der Waals surface area contributed by atoms with Crippen molar-refractivity contribution in [2.75, 3.05) is 5.33 Å². The lowest BCUT2D eigenvalue weighted by atomic mass is 10.3. The number of H-pyrrole nitrogens is 1. The van der Waals surface area contributed by atoms with Gasteiger partial charge in [-0.2, -0.15) is 0 Å². The molecule has 0 radical (unpaired) electrons. The van der Waals surface area contributed by atoms with Crippen molar-refractivity contribution < 1.29 is 4.79 Å². The molecule has 0 aliphatic carbocycles. The lowest BCUT2D eigenvalue weighted by Crippen LogP contribution is -1.72. The molecule has 0 aliphatic heterocycles. The minimum Gasteiger partial charge on any atom is -0.358 e. The Labute approximate surface area is 73.4 Å². The van der Waals surface area contributed by atoms with Gasteiger partial charge in [-0.1, -0.05) is 28.1 Å². The monoisotopic (exact) mass is 213 g/mol. The Bertz CT molecular complexity index is 265. The molecule has 2 nitrogen and oxygen atoms in total. The average molecular weight is 214 g/mol. The van der Waals surface area contributed by atoms with E-state index in [1.54, 1.807) is 12.3 Å². The van der Waals surface area contributed by atoms with E-state index in [2.05, 4.69) is 20.9 Å². The van der Waals surface area contributed by atoms with Gasteiger partial charge in [0, 0.05) is 11.5 Å². The Morgan fingerprint density at radius 3 is 3.00 bits per heavy atom. The number of alkyl halides is 1. The van der Waals surface area contributed by atoms with Crippen LogP contribution in [-0.2, 0) is 0 Å². The van der Waals surface area contributed by atoms with E-state index in [0.717, 1.165) is 17.2 Å². The molecule has 0 aromatic carbocycles. The van der Waals surface area contributed by atoms with Crippen molar-refractivity contribution in [2.45, 2.75) is 0 Å². The normalized spacial score (nSPS) is 10.6. The zero-order valence-corrected chi connectivity index (χ0v) is 7.47. The molecule has 0 fully saturated rings. The van der Waals surface area contributed by atoms with Gasteiger partial charge >= 0.3 is 0 Å². The highest BCUT2D eigenvalue weighted by molar-refractivity contribution is 9.09. The lowest BCUT2D eigenvalue weighted by Gasteiger charge is -1.78. The minimum absolute atomic E-state index is 0.610. The molecule has 58 valence electrons. The maximum absolute atomic E-state index is 10.2. The van der Waals surface area contributed by atoms with Gasteiger partial charge in [-0.3, -0.25) is 4.79 Å². The maximum atomic E-state index is 10.2. The molecule has 0 unspecified atom stereocenters. The van der Waals surface area contributed by atoms with E-state index in [4.69, 9.17) is 0 Å². The van der Waals surface area contributed by atoms with E-state index >= 15 is 0 Å². The van der Waals surface area contributed by atoms with Crippen LogP contribution in [0.15, 0.2) is 18.3 Å². The van der Waals surface area contributed by atoms with Crippen LogP contribution in [0, 0.1) is 0 Å². The van der Waals surface area contributed by atoms with Gasteiger partial charge in [0.1, 0.15) is 0 Å². The summed E-state index contributed by atoms with van der Waals surface area (Å²) in [6, 6.07) is 1.80. The van der Waals surface area contributed by atoms with Crippen LogP contribution in [0.4, 0.5) is 0 Å². The lowest BCUT2D eigenvalue weighted by molar-refractivity contribution is 0.111. The summed E-state index contributed by atoms with van der Waals surface area (Å²) in [5.41, 5.74) is 1.63. The van der Waals surface area contributed by atoms with E-state index in [-0.39, 0.29) is 0 Å². The van der Waals surface area contributed by atoms with Gasteiger partial charge in [-0.25, -0.2) is 0 Å². The first-order valence-electron chi connectivity index (χ1n) is 3.23. The van der Waals surface area contributed by atoms with E-state index in [0.29, 0.717) is 5.69 Å². The molecule has 0 aliphatic rings. The Kier molecular flexibility index (Phi) is 3.11. The predicted molar refractivity (Wildman–Crippen MR) is 49.0 cm³/mol. The summed E-state index contributed by atoms with van der Waals surface area (Å²) >= 11 is 3.26. The highest BCUT2D eigenvalue weighted by Crippen LogP contribution is 2.03. The second-order valence-corrected chi connectivity index (χ2v) is 2.71. The van der Waals surface area contributed by atoms with Crippen LogP contribution in [0.1, 0.15) is 16.1 Å². The quantitative estimate of drug-likeness (QED) is 0.607. The molecule has 0 spiro atoms. The van der Waals surface area contributed by atoms with Crippen molar-refractivity contribution in [3.05, 3.63) is 29.6 Å². The van der Waals surface area contributed by atoms with E-state index in [9.17, 15) is 4.79 Å². The number of rotatable bonds is 3. The second kappa shape index (κ2) is 4.13. The molecule has 0 atom stereocenters. The molecule has 1 aromatic heterocycles. The molecule has 1 aromatic rings. The Morgan fingerprint density at radius 1 is 1.64 bits per heavy atom. The fraction of sp³-hybridized carbons (Fsp3) is 0.125. The first-order chi connectivity index (χ1) is 5.36. The molecule has 0 saturated heterocycles. The summed E-state index contributed by atoms with van der Waals surface area (Å²) in [6.45, 7) is 0. The van der Waals surface area contributed by atoms with Crippen molar-refractivity contribution in [1.29, 1.82) is 0 Å². The van der Waals surface area contributed by atoms with Gasteiger partial charge in [0.05, 0.1) is 5.69 Å². The van der Waals surface area contributed by atoms with Gasteiger partial charge in [0.15, 0.2) is 6.29 Å². The van der Waals surface area contributed by atoms with E-state index in [1.165, 1.54) is 0 Å². The Balaban J connectivity index is 2.72. The zero-order valence-electron chi connectivity index (χ0n) is 5.88. The van der Waals surface area contributed by atoms with Crippen molar-refractivity contribution >= 4 is 28.3 Å². The summed E-state index contributed by atoms with van der Waals surface area (Å²) in [7, 11) is 0. The number of aldehydes is 1. The molecule has 1 heterocycles. The van der Waals surface area contributed by atoms with Crippen molar-refractivity contribution in [3.8, 4) is 0 Å². The van der Waals surface area contributed by atoms with Gasteiger partial charge in [0.2, 0.25) is 0 Å². The van der Waals surface area contributed by atoms with Crippen LogP contribution < -0.4 is 0 Å². The SMILES string of the molecule is O=Cc1cc(C=CCBr)c[nH]1. The first kappa shape index (κ1) is 8.27. The summed E-state index contributed by atoms with van der Waals surface area (Å²) < 4.78 is 0. The van der Waals surface area contributed by atoms with Crippen LogP contribution in [0.25, 0.3) is 6.08 Å². The standard InChI is InChI=1S/C8H8BrNO/c9-3-1-2-7-4-8(6-11)10-5-7/h1-2,4-6,10H,3H2. The minimum atomic E-state index is 0.610. The number of nitrogens with one attached hydrogen (secondary N) is 1. The number of allylic oxidation sites excluding steroid dienone is 1. The van der Waals surface area contributed by atoms with Crippen LogP contribution in [-0.4, -0.2) is 16.6 Å². The second-order valence-electron chi connectivity index (χ2n) is 2.06. The van der Waals surface area contributed by atoms with Crippen molar-refractivity contribution in [1.82, 2.24) is 4.98 Å². The highest BCUT2D eigenvalue weighted by Gasteiger charge is 1.91. The van der Waals surface area contributed by atoms with Gasteiger partial charge in [-0.05, 0) is 11.6 Å². The van der Waals surface area contributed by atoms with Gasteiger partial charge in [0.25, 0.3) is 0 Å². The number of halogens is 1. The average Bonchev–Trinajstić information content (AvgIpc) is 2.48. The van der Waals surface area contributed by atoms with Gasteiger partial charge in [-0.15, -0.1) is 0 Å². The Hall–Kier alpha value is -0.830. The molecule has 1 N–H and O–H groups in total. The smallest absolute Gasteiger partial charge is 0.166 e. The molecule has 3 heteroatoms. The fourth-order valence-corrected chi connectivity index (χ4v) is 0.961. The summed E-state index contributed by atoms with van der Waals surface area (Å²) in [5.74, 6) is 0. The van der Waals surface area contributed by atoms with Gasteiger partial charge < -0.3 is 4.98 Å². The topological polar surface area (TPSA) is 32.9 Å². The van der Waals surface area contributed by atoms with E-state index in [1.807, 2.05) is 12.2 Å². The number of hydrogen-bond donors (Lipinski definition) is 1. The third-order valence-corrected chi connectivity index (χ3v) is 1.63. The summed E-state index contributed by atoms with van der Waals surface area (Å²) in [6.07, 6.45) is 6.50. The molecular weight excluding hydrogens is 206 g/mol. The molecule has 11 heavy (non-hydrogen) atoms. The molecule has 0 bridgehead atoms. The van der Waals surface area contributed by atoms with E-state index < -0.39 is 0 Å². The van der Waals surface area contributed by atoms with Crippen molar-refractivity contribution in [2.24, 2.45) is 0 Å². The molecule has 0 amide bonds. The summed E-state index contributed by atoms with van der Waals surface area (Å²) in [4.78, 5) is 13.1. The molecule has 1 rings (SSSR count). The predicted octanol–water partition coefficient (Wildman–Crippen LogP) is 2.24.